The van der Waals surface area contributed by atoms with Crippen LogP contribution in [0.4, 0.5) is 0 Å². The Morgan fingerprint density at radius 3 is 2.54 bits per heavy atom. The molecule has 0 aliphatic carbocycles. The molecule has 0 bridgehead atoms. The van der Waals surface area contributed by atoms with E-state index < -0.39 is 0 Å². The van der Waals surface area contributed by atoms with Crippen molar-refractivity contribution in [2.75, 3.05) is 0 Å². The number of hydrazone groups is 1. The van der Waals surface area contributed by atoms with Crippen LogP contribution in [0.25, 0.3) is 0 Å². The van der Waals surface area contributed by atoms with Crippen LogP contribution in [0.15, 0.2) is 76.4 Å². The topological polar surface area (TPSA) is 45.8 Å². The summed E-state index contributed by atoms with van der Waals surface area (Å²) in [6.07, 6.45) is 2.27. The van der Waals surface area contributed by atoms with Gasteiger partial charge in [0.05, 0.1) is 12.0 Å². The van der Waals surface area contributed by atoms with Crippen LogP contribution in [0, 0.1) is 13.8 Å². The second-order valence-electron chi connectivity index (χ2n) is 6.67. The highest BCUT2D eigenvalue weighted by atomic mass is 16.3. The van der Waals surface area contributed by atoms with Gasteiger partial charge in [0.25, 0.3) is 5.91 Å². The van der Waals surface area contributed by atoms with E-state index in [1.807, 2.05) is 55.5 Å². The standard InChI is InChI=1S/C22H20N2O2/c1-15-8-10-17(11-9-15)19-14-20(21-7-4-12-26-21)24(23-19)22(25)18-6-3-5-16(2)13-18/h3-13,20H,14H2,1-2H3/t20-/m0/s1. The molecule has 0 unspecified atom stereocenters. The van der Waals surface area contributed by atoms with E-state index in [4.69, 9.17) is 4.42 Å². The van der Waals surface area contributed by atoms with Gasteiger partial charge < -0.3 is 4.42 Å². The molecular formula is C22H20N2O2. The van der Waals surface area contributed by atoms with Crippen LogP contribution in [-0.2, 0) is 0 Å². The van der Waals surface area contributed by atoms with E-state index in [1.54, 1.807) is 11.3 Å². The van der Waals surface area contributed by atoms with Crippen LogP contribution in [-0.4, -0.2) is 16.6 Å². The molecule has 26 heavy (non-hydrogen) atoms. The summed E-state index contributed by atoms with van der Waals surface area (Å²) in [5, 5.41) is 6.23. The lowest BCUT2D eigenvalue weighted by molar-refractivity contribution is 0.0692. The third kappa shape index (κ3) is 3.06. The molecule has 0 saturated carbocycles. The molecule has 2 heterocycles. The van der Waals surface area contributed by atoms with E-state index in [1.165, 1.54) is 5.56 Å². The Hall–Kier alpha value is -3.14. The van der Waals surface area contributed by atoms with E-state index >= 15 is 0 Å². The summed E-state index contributed by atoms with van der Waals surface area (Å²) >= 11 is 0. The van der Waals surface area contributed by atoms with Crippen LogP contribution in [0.5, 0.6) is 0 Å². The summed E-state index contributed by atoms with van der Waals surface area (Å²) in [5.41, 5.74) is 4.81. The zero-order valence-corrected chi connectivity index (χ0v) is 14.8. The van der Waals surface area contributed by atoms with Crippen LogP contribution in [0.2, 0.25) is 0 Å². The van der Waals surface area contributed by atoms with Gasteiger partial charge in [-0.1, -0.05) is 47.5 Å². The fraction of sp³-hybridized carbons (Fsp3) is 0.182. The Labute approximate surface area is 152 Å². The number of carbonyl (C=O) groups excluding carboxylic acids is 1. The van der Waals surface area contributed by atoms with E-state index in [0.717, 1.165) is 22.6 Å². The Morgan fingerprint density at radius 2 is 1.85 bits per heavy atom. The number of benzene rings is 2. The van der Waals surface area contributed by atoms with E-state index in [-0.39, 0.29) is 11.9 Å². The molecule has 0 N–H and O–H groups in total. The maximum Gasteiger partial charge on any atom is 0.274 e. The molecule has 0 saturated heterocycles. The van der Waals surface area contributed by atoms with Crippen molar-refractivity contribution in [3.63, 3.8) is 0 Å². The molecule has 0 radical (unpaired) electrons. The molecular weight excluding hydrogens is 324 g/mol. The van der Waals surface area contributed by atoms with E-state index in [9.17, 15) is 4.79 Å². The lowest BCUT2D eigenvalue weighted by Gasteiger charge is -2.20. The molecule has 2 aromatic carbocycles. The summed E-state index contributed by atoms with van der Waals surface area (Å²) in [7, 11) is 0. The number of aryl methyl sites for hydroxylation is 2. The van der Waals surface area contributed by atoms with Gasteiger partial charge in [0, 0.05) is 12.0 Å². The molecule has 4 nitrogen and oxygen atoms in total. The molecule has 1 amide bonds. The van der Waals surface area contributed by atoms with Crippen molar-refractivity contribution in [2.45, 2.75) is 26.3 Å². The monoisotopic (exact) mass is 344 g/mol. The number of carbonyl (C=O) groups is 1. The Balaban J connectivity index is 1.72. The zero-order valence-electron chi connectivity index (χ0n) is 14.8. The SMILES string of the molecule is Cc1ccc(C2=NN(C(=O)c3cccc(C)c3)[C@H](c3ccco3)C2)cc1. The highest BCUT2D eigenvalue weighted by Crippen LogP contribution is 2.34. The minimum Gasteiger partial charge on any atom is -0.467 e. The lowest BCUT2D eigenvalue weighted by Crippen LogP contribution is -2.26. The van der Waals surface area contributed by atoms with Gasteiger partial charge in [-0.05, 0) is 43.7 Å². The van der Waals surface area contributed by atoms with Crippen LogP contribution < -0.4 is 0 Å². The normalized spacial score (nSPS) is 16.6. The number of furan rings is 1. The molecule has 1 aromatic heterocycles. The highest BCUT2D eigenvalue weighted by Gasteiger charge is 2.35. The molecule has 4 heteroatoms. The van der Waals surface area contributed by atoms with Gasteiger partial charge in [-0.25, -0.2) is 5.01 Å². The van der Waals surface area contributed by atoms with Crippen molar-refractivity contribution in [1.29, 1.82) is 0 Å². The van der Waals surface area contributed by atoms with Crippen LogP contribution in [0.3, 0.4) is 0 Å². The smallest absolute Gasteiger partial charge is 0.274 e. The first-order chi connectivity index (χ1) is 12.6. The Kier molecular flexibility index (Phi) is 4.17. The fourth-order valence-electron chi connectivity index (χ4n) is 3.23. The van der Waals surface area contributed by atoms with Crippen LogP contribution >= 0.6 is 0 Å². The maximum atomic E-state index is 13.1. The number of rotatable bonds is 3. The second kappa shape index (κ2) is 6.64. The number of hydrogen-bond acceptors (Lipinski definition) is 3. The minimum atomic E-state index is -0.227. The van der Waals surface area contributed by atoms with Crippen molar-refractivity contribution in [2.24, 2.45) is 5.10 Å². The fourth-order valence-corrected chi connectivity index (χ4v) is 3.23. The molecule has 130 valence electrons. The molecule has 0 spiro atoms. The van der Waals surface area contributed by atoms with Crippen molar-refractivity contribution in [3.05, 3.63) is 94.9 Å². The first kappa shape index (κ1) is 16.3. The van der Waals surface area contributed by atoms with E-state index in [0.29, 0.717) is 12.0 Å². The first-order valence-electron chi connectivity index (χ1n) is 8.70. The predicted molar refractivity (Wildman–Crippen MR) is 101 cm³/mol. The third-order valence-corrected chi connectivity index (χ3v) is 4.64. The first-order valence-corrected chi connectivity index (χ1v) is 8.70. The molecule has 1 aliphatic heterocycles. The number of nitrogens with zero attached hydrogens (tertiary/aromatic N) is 2. The van der Waals surface area contributed by atoms with Crippen molar-refractivity contribution >= 4 is 11.6 Å². The quantitative estimate of drug-likeness (QED) is 0.679. The molecule has 1 aliphatic rings. The van der Waals surface area contributed by atoms with Crippen molar-refractivity contribution < 1.29 is 9.21 Å². The maximum absolute atomic E-state index is 13.1. The second-order valence-corrected chi connectivity index (χ2v) is 6.67. The van der Waals surface area contributed by atoms with Gasteiger partial charge in [-0.3, -0.25) is 4.79 Å². The minimum absolute atomic E-state index is 0.114. The summed E-state index contributed by atoms with van der Waals surface area (Å²) < 4.78 is 5.59. The van der Waals surface area contributed by atoms with Gasteiger partial charge in [-0.15, -0.1) is 0 Å². The average molecular weight is 344 g/mol. The van der Waals surface area contributed by atoms with Gasteiger partial charge in [0.15, 0.2) is 0 Å². The van der Waals surface area contributed by atoms with Crippen LogP contribution in [0.1, 0.15) is 45.3 Å². The summed E-state index contributed by atoms with van der Waals surface area (Å²) in [6, 6.07) is 19.3. The summed E-state index contributed by atoms with van der Waals surface area (Å²) in [6.45, 7) is 4.03. The van der Waals surface area contributed by atoms with Crippen molar-refractivity contribution in [1.82, 2.24) is 5.01 Å². The molecule has 3 aromatic rings. The van der Waals surface area contributed by atoms with Crippen molar-refractivity contribution in [3.8, 4) is 0 Å². The zero-order chi connectivity index (χ0) is 18.1. The number of amides is 1. The Bertz CT molecular complexity index is 956. The molecule has 1 atom stereocenters. The largest absolute Gasteiger partial charge is 0.467 e. The summed E-state index contributed by atoms with van der Waals surface area (Å²) in [5.74, 6) is 0.633. The lowest BCUT2D eigenvalue weighted by atomic mass is 10.0. The highest BCUT2D eigenvalue weighted by molar-refractivity contribution is 6.05. The van der Waals surface area contributed by atoms with Gasteiger partial charge >= 0.3 is 0 Å². The number of hydrogen-bond donors (Lipinski definition) is 0. The summed E-state index contributed by atoms with van der Waals surface area (Å²) in [4.78, 5) is 13.1. The van der Waals surface area contributed by atoms with E-state index in [2.05, 4.69) is 24.2 Å². The average Bonchev–Trinajstić information content (AvgIpc) is 3.31. The van der Waals surface area contributed by atoms with Gasteiger partial charge in [0.1, 0.15) is 11.8 Å². The van der Waals surface area contributed by atoms with Gasteiger partial charge in [-0.2, -0.15) is 5.10 Å². The third-order valence-electron chi connectivity index (χ3n) is 4.64. The molecule has 4 rings (SSSR count). The predicted octanol–water partition coefficient (Wildman–Crippen LogP) is 4.89. The Morgan fingerprint density at radius 1 is 1.04 bits per heavy atom. The molecule has 0 fully saturated rings. The van der Waals surface area contributed by atoms with Gasteiger partial charge in [0.2, 0.25) is 0 Å².